The highest BCUT2D eigenvalue weighted by molar-refractivity contribution is 7.10. The number of aliphatic hydroxyl groups is 1. The summed E-state index contributed by atoms with van der Waals surface area (Å²) in [4.78, 5) is 15.8. The highest BCUT2D eigenvalue weighted by Crippen LogP contribution is 2.21. The molecule has 0 aliphatic carbocycles. The summed E-state index contributed by atoms with van der Waals surface area (Å²) in [5.74, 6) is 0.298. The monoisotopic (exact) mass is 344 g/mol. The van der Waals surface area contributed by atoms with Crippen molar-refractivity contribution in [3.63, 3.8) is 0 Å². The molecule has 1 amide bonds. The number of benzene rings is 1. The number of carbonyl (C=O) groups excluding carboxylic acids is 1. The van der Waals surface area contributed by atoms with Crippen LogP contribution in [0.25, 0.3) is 0 Å². The molecule has 0 saturated carbocycles. The predicted octanol–water partition coefficient (Wildman–Crippen LogP) is 3.24. The summed E-state index contributed by atoms with van der Waals surface area (Å²) in [6, 6.07) is 11.9. The average molecular weight is 344 g/mol. The van der Waals surface area contributed by atoms with Crippen LogP contribution >= 0.6 is 11.3 Å². The number of rotatable bonds is 5. The van der Waals surface area contributed by atoms with Crippen molar-refractivity contribution in [2.75, 3.05) is 24.5 Å². The van der Waals surface area contributed by atoms with Gasteiger partial charge in [-0.2, -0.15) is 0 Å². The molecular weight excluding hydrogens is 320 g/mol. The van der Waals surface area contributed by atoms with Crippen molar-refractivity contribution >= 4 is 22.9 Å². The Hall–Kier alpha value is -1.85. The summed E-state index contributed by atoms with van der Waals surface area (Å²) in [7, 11) is 0. The molecule has 2 aromatic rings. The number of nitrogens with one attached hydrogen (secondary N) is 1. The van der Waals surface area contributed by atoms with Crippen LogP contribution in [0.4, 0.5) is 5.69 Å². The molecule has 1 atom stereocenters. The van der Waals surface area contributed by atoms with E-state index in [2.05, 4.69) is 28.6 Å². The fourth-order valence-electron chi connectivity index (χ4n) is 2.97. The molecular formula is C19H24N2O2S. The van der Waals surface area contributed by atoms with Crippen LogP contribution in [0.5, 0.6) is 0 Å². The van der Waals surface area contributed by atoms with Crippen molar-refractivity contribution < 1.29 is 9.90 Å². The number of piperidine rings is 1. The molecule has 0 radical (unpaired) electrons. The van der Waals surface area contributed by atoms with Crippen molar-refractivity contribution in [1.29, 1.82) is 0 Å². The molecule has 2 N–H and O–H groups in total. The molecule has 1 aliphatic rings. The maximum absolute atomic E-state index is 12.3. The van der Waals surface area contributed by atoms with Crippen molar-refractivity contribution in [1.82, 2.24) is 5.32 Å². The summed E-state index contributed by atoms with van der Waals surface area (Å²) in [6.07, 6.45) is 1.45. The van der Waals surface area contributed by atoms with E-state index < -0.39 is 0 Å². The molecule has 5 heteroatoms. The first-order valence-corrected chi connectivity index (χ1v) is 9.36. The highest BCUT2D eigenvalue weighted by atomic mass is 32.1. The van der Waals surface area contributed by atoms with Crippen molar-refractivity contribution in [3.05, 3.63) is 52.2 Å². The SMILES string of the molecule is CC(CNC(=O)c1ccc(N2CCC(O)CC2)cc1)c1cccs1. The van der Waals surface area contributed by atoms with E-state index in [4.69, 9.17) is 0 Å². The second-order valence-corrected chi connectivity index (χ2v) is 7.37. The number of carbonyl (C=O) groups is 1. The van der Waals surface area contributed by atoms with Crippen LogP contribution in [0.1, 0.15) is 40.9 Å². The standard InChI is InChI=1S/C19H24N2O2S/c1-14(18-3-2-12-24-18)13-20-19(23)15-4-6-16(7-5-15)21-10-8-17(22)9-11-21/h2-7,12,14,17,22H,8-11,13H2,1H3,(H,20,23). The number of anilines is 1. The van der Waals surface area contributed by atoms with E-state index in [0.717, 1.165) is 31.6 Å². The topological polar surface area (TPSA) is 52.6 Å². The lowest BCUT2D eigenvalue weighted by molar-refractivity contribution is 0.0952. The van der Waals surface area contributed by atoms with Crippen LogP contribution in [0.3, 0.4) is 0 Å². The minimum absolute atomic E-state index is 0.0287. The van der Waals surface area contributed by atoms with Crippen molar-refractivity contribution in [3.8, 4) is 0 Å². The fraction of sp³-hybridized carbons (Fsp3) is 0.421. The fourth-order valence-corrected chi connectivity index (χ4v) is 3.75. The van der Waals surface area contributed by atoms with Gasteiger partial charge in [0.05, 0.1) is 6.10 Å². The Morgan fingerprint density at radius 3 is 2.62 bits per heavy atom. The molecule has 1 aromatic heterocycles. The smallest absolute Gasteiger partial charge is 0.251 e. The van der Waals surface area contributed by atoms with Gasteiger partial charge in [-0.05, 0) is 48.6 Å². The second-order valence-electron chi connectivity index (χ2n) is 6.39. The lowest BCUT2D eigenvalue weighted by Crippen LogP contribution is -2.35. The minimum atomic E-state index is -0.170. The van der Waals surface area contributed by atoms with Gasteiger partial charge in [0.25, 0.3) is 5.91 Å². The van der Waals surface area contributed by atoms with Gasteiger partial charge in [0, 0.05) is 41.7 Å². The highest BCUT2D eigenvalue weighted by Gasteiger charge is 2.17. The van der Waals surface area contributed by atoms with E-state index in [1.54, 1.807) is 11.3 Å². The third-order valence-corrected chi connectivity index (χ3v) is 5.66. The van der Waals surface area contributed by atoms with E-state index in [1.807, 2.05) is 30.3 Å². The van der Waals surface area contributed by atoms with E-state index in [1.165, 1.54) is 4.88 Å². The van der Waals surface area contributed by atoms with Gasteiger partial charge >= 0.3 is 0 Å². The molecule has 4 nitrogen and oxygen atoms in total. The Morgan fingerprint density at radius 1 is 1.29 bits per heavy atom. The van der Waals surface area contributed by atoms with Crippen LogP contribution in [0.15, 0.2) is 41.8 Å². The number of aliphatic hydroxyl groups excluding tert-OH is 1. The minimum Gasteiger partial charge on any atom is -0.393 e. The number of thiophene rings is 1. The first kappa shape index (κ1) is 17.0. The Kier molecular flexibility index (Phi) is 5.53. The van der Waals surface area contributed by atoms with Crippen LogP contribution < -0.4 is 10.2 Å². The quantitative estimate of drug-likeness (QED) is 0.875. The molecule has 24 heavy (non-hydrogen) atoms. The molecule has 1 aromatic carbocycles. The Balaban J connectivity index is 1.54. The van der Waals surface area contributed by atoms with E-state index >= 15 is 0 Å². The maximum atomic E-state index is 12.3. The molecule has 1 aliphatic heterocycles. The zero-order valence-electron chi connectivity index (χ0n) is 13.9. The average Bonchev–Trinajstić information content (AvgIpc) is 3.15. The van der Waals surface area contributed by atoms with Crippen LogP contribution in [0, 0.1) is 0 Å². The van der Waals surface area contributed by atoms with E-state index in [-0.39, 0.29) is 12.0 Å². The largest absolute Gasteiger partial charge is 0.393 e. The van der Waals surface area contributed by atoms with Gasteiger partial charge in [-0.25, -0.2) is 0 Å². The molecule has 3 rings (SSSR count). The normalized spacial score (nSPS) is 16.8. The second kappa shape index (κ2) is 7.81. The predicted molar refractivity (Wildman–Crippen MR) is 99.0 cm³/mol. The van der Waals surface area contributed by atoms with E-state index in [9.17, 15) is 9.90 Å². The number of hydrogen-bond donors (Lipinski definition) is 2. The van der Waals surface area contributed by atoms with Crippen molar-refractivity contribution in [2.45, 2.75) is 31.8 Å². The van der Waals surface area contributed by atoms with Gasteiger partial charge in [-0.1, -0.05) is 13.0 Å². The Bertz CT molecular complexity index is 647. The summed E-state index contributed by atoms with van der Waals surface area (Å²) in [6.45, 7) is 4.50. The summed E-state index contributed by atoms with van der Waals surface area (Å²) < 4.78 is 0. The molecule has 1 fully saturated rings. The molecule has 0 spiro atoms. The van der Waals surface area contributed by atoms with Gasteiger partial charge in [0.2, 0.25) is 0 Å². The van der Waals surface area contributed by atoms with Crippen LogP contribution in [-0.2, 0) is 0 Å². The third kappa shape index (κ3) is 4.16. The van der Waals surface area contributed by atoms with Gasteiger partial charge in [0.1, 0.15) is 0 Å². The zero-order valence-corrected chi connectivity index (χ0v) is 14.8. The third-order valence-electron chi connectivity index (χ3n) is 4.56. The van der Waals surface area contributed by atoms with Gasteiger partial charge < -0.3 is 15.3 Å². The number of nitrogens with zero attached hydrogens (tertiary/aromatic N) is 1. The van der Waals surface area contributed by atoms with Gasteiger partial charge in [-0.3, -0.25) is 4.79 Å². The first-order chi connectivity index (χ1) is 11.6. The lowest BCUT2D eigenvalue weighted by atomic mass is 10.1. The lowest BCUT2D eigenvalue weighted by Gasteiger charge is -2.31. The first-order valence-electron chi connectivity index (χ1n) is 8.48. The van der Waals surface area contributed by atoms with Crippen LogP contribution in [-0.4, -0.2) is 36.8 Å². The summed E-state index contributed by atoms with van der Waals surface area (Å²) >= 11 is 1.72. The van der Waals surface area contributed by atoms with Crippen molar-refractivity contribution in [2.24, 2.45) is 0 Å². The number of amides is 1. The molecule has 0 bridgehead atoms. The summed E-state index contributed by atoms with van der Waals surface area (Å²) in [5, 5.41) is 14.7. The maximum Gasteiger partial charge on any atom is 0.251 e. The molecule has 128 valence electrons. The summed E-state index contributed by atoms with van der Waals surface area (Å²) in [5.41, 5.74) is 1.81. The molecule has 1 saturated heterocycles. The zero-order chi connectivity index (χ0) is 16.9. The Labute approximate surface area is 147 Å². The Morgan fingerprint density at radius 2 is 2.00 bits per heavy atom. The molecule has 2 heterocycles. The molecule has 1 unspecified atom stereocenters. The van der Waals surface area contributed by atoms with E-state index in [0.29, 0.717) is 18.0 Å². The van der Waals surface area contributed by atoms with Gasteiger partial charge in [-0.15, -0.1) is 11.3 Å². The van der Waals surface area contributed by atoms with Crippen LogP contribution in [0.2, 0.25) is 0 Å². The number of hydrogen-bond acceptors (Lipinski definition) is 4. The van der Waals surface area contributed by atoms with Gasteiger partial charge in [0.15, 0.2) is 0 Å².